The van der Waals surface area contributed by atoms with Crippen LogP contribution in [0.2, 0.25) is 0 Å². The first-order chi connectivity index (χ1) is 8.52. The van der Waals surface area contributed by atoms with E-state index >= 15 is 0 Å². The molecule has 0 bridgehead atoms. The molecule has 18 heavy (non-hydrogen) atoms. The van der Waals surface area contributed by atoms with Crippen molar-refractivity contribution in [3.8, 4) is 0 Å². The molecule has 7 nitrogen and oxygen atoms in total. The Morgan fingerprint density at radius 1 is 1.44 bits per heavy atom. The zero-order valence-corrected chi connectivity index (χ0v) is 10.8. The summed E-state index contributed by atoms with van der Waals surface area (Å²) >= 11 is 0. The van der Waals surface area contributed by atoms with Gasteiger partial charge in [0.25, 0.3) is 5.91 Å². The number of hydrogen-bond acceptors (Lipinski definition) is 4. The molecule has 0 aliphatic carbocycles. The molecule has 0 aromatic carbocycles. The van der Waals surface area contributed by atoms with Crippen LogP contribution in [0, 0.1) is 0 Å². The Morgan fingerprint density at radius 3 is 2.67 bits per heavy atom. The van der Waals surface area contributed by atoms with Crippen molar-refractivity contribution >= 4 is 11.8 Å². The number of hydrogen-bond donors (Lipinski definition) is 0. The van der Waals surface area contributed by atoms with Gasteiger partial charge in [0.15, 0.2) is 5.69 Å². The highest BCUT2D eigenvalue weighted by molar-refractivity contribution is 5.91. The molecule has 1 fully saturated rings. The van der Waals surface area contributed by atoms with Gasteiger partial charge < -0.3 is 9.80 Å². The minimum Gasteiger partial charge on any atom is -0.343 e. The monoisotopic (exact) mass is 251 g/mol. The number of carbonyl (C=O) groups is 2. The Bertz CT molecular complexity index is 462. The van der Waals surface area contributed by atoms with E-state index in [4.69, 9.17) is 0 Å². The average molecular weight is 251 g/mol. The molecule has 2 heterocycles. The smallest absolute Gasteiger partial charge is 0.275 e. The van der Waals surface area contributed by atoms with Crippen LogP contribution in [0.25, 0.3) is 0 Å². The van der Waals surface area contributed by atoms with Crippen LogP contribution >= 0.6 is 0 Å². The van der Waals surface area contributed by atoms with E-state index in [0.29, 0.717) is 25.2 Å². The minimum atomic E-state index is -0.165. The van der Waals surface area contributed by atoms with Gasteiger partial charge in [-0.05, 0) is 0 Å². The number of amides is 2. The van der Waals surface area contributed by atoms with Gasteiger partial charge in [-0.2, -0.15) is 0 Å². The van der Waals surface area contributed by atoms with Crippen LogP contribution in [0.1, 0.15) is 29.9 Å². The molecule has 0 atom stereocenters. The minimum absolute atomic E-state index is 0.136. The predicted molar refractivity (Wildman–Crippen MR) is 63.9 cm³/mol. The van der Waals surface area contributed by atoms with Gasteiger partial charge in [-0.25, -0.2) is 4.68 Å². The van der Waals surface area contributed by atoms with E-state index < -0.39 is 0 Å². The molecule has 2 rings (SSSR count). The van der Waals surface area contributed by atoms with Crippen molar-refractivity contribution in [3.05, 3.63) is 11.9 Å². The highest BCUT2D eigenvalue weighted by Gasteiger charge is 2.32. The van der Waals surface area contributed by atoms with Crippen molar-refractivity contribution in [1.82, 2.24) is 24.8 Å². The topological polar surface area (TPSA) is 71.3 Å². The van der Waals surface area contributed by atoms with E-state index in [1.54, 1.807) is 29.9 Å². The summed E-state index contributed by atoms with van der Waals surface area (Å²) in [5.41, 5.74) is 0.334. The summed E-state index contributed by atoms with van der Waals surface area (Å²) in [6, 6.07) is 0.136. The standard InChI is InChI=1S/C11H17N5O2/c1-4-10(17)15-5-8(6-15)16-7-9(12-13-16)11(18)14(2)3/h7-8H,4-6H2,1-3H3. The first-order valence-electron chi connectivity index (χ1n) is 5.94. The Labute approximate surface area is 105 Å². The largest absolute Gasteiger partial charge is 0.343 e. The van der Waals surface area contributed by atoms with E-state index in [1.807, 2.05) is 6.92 Å². The van der Waals surface area contributed by atoms with E-state index in [9.17, 15) is 9.59 Å². The molecule has 0 unspecified atom stereocenters. The van der Waals surface area contributed by atoms with Crippen molar-refractivity contribution in [2.75, 3.05) is 27.2 Å². The van der Waals surface area contributed by atoms with Crippen LogP contribution in [0.15, 0.2) is 6.20 Å². The SMILES string of the molecule is CCC(=O)N1CC(n2cc(C(=O)N(C)C)nn2)C1. The molecule has 0 spiro atoms. The lowest BCUT2D eigenvalue weighted by molar-refractivity contribution is -0.136. The maximum Gasteiger partial charge on any atom is 0.275 e. The molecular formula is C11H17N5O2. The van der Waals surface area contributed by atoms with Crippen molar-refractivity contribution in [3.63, 3.8) is 0 Å². The molecule has 0 saturated carbocycles. The molecule has 7 heteroatoms. The number of nitrogens with zero attached hydrogens (tertiary/aromatic N) is 5. The van der Waals surface area contributed by atoms with Crippen molar-refractivity contribution < 1.29 is 9.59 Å². The quantitative estimate of drug-likeness (QED) is 0.744. The maximum absolute atomic E-state index is 11.7. The van der Waals surface area contributed by atoms with Crippen LogP contribution in [0.5, 0.6) is 0 Å². The fourth-order valence-corrected chi connectivity index (χ4v) is 1.83. The fourth-order valence-electron chi connectivity index (χ4n) is 1.83. The van der Waals surface area contributed by atoms with Gasteiger partial charge >= 0.3 is 0 Å². The summed E-state index contributed by atoms with van der Waals surface area (Å²) < 4.78 is 1.66. The summed E-state index contributed by atoms with van der Waals surface area (Å²) in [7, 11) is 3.35. The Balaban J connectivity index is 1.97. The van der Waals surface area contributed by atoms with E-state index in [2.05, 4.69) is 10.3 Å². The highest BCUT2D eigenvalue weighted by Crippen LogP contribution is 2.20. The highest BCUT2D eigenvalue weighted by atomic mass is 16.2. The van der Waals surface area contributed by atoms with Gasteiger partial charge in [0, 0.05) is 33.6 Å². The summed E-state index contributed by atoms with van der Waals surface area (Å²) in [6.45, 7) is 3.14. The third-order valence-corrected chi connectivity index (χ3v) is 3.03. The maximum atomic E-state index is 11.7. The Hall–Kier alpha value is -1.92. The molecule has 98 valence electrons. The van der Waals surface area contributed by atoms with Gasteiger partial charge in [0.1, 0.15) is 0 Å². The first-order valence-corrected chi connectivity index (χ1v) is 5.94. The Kier molecular flexibility index (Phi) is 3.31. The Morgan fingerprint density at radius 2 is 2.11 bits per heavy atom. The first kappa shape index (κ1) is 12.5. The third kappa shape index (κ3) is 2.20. The summed E-state index contributed by atoms with van der Waals surface area (Å²) in [5.74, 6) is -0.0157. The van der Waals surface area contributed by atoms with Crippen molar-refractivity contribution in [2.45, 2.75) is 19.4 Å². The molecule has 1 aliphatic rings. The number of rotatable bonds is 3. The van der Waals surface area contributed by atoms with E-state index in [-0.39, 0.29) is 17.9 Å². The molecule has 1 saturated heterocycles. The van der Waals surface area contributed by atoms with Crippen LogP contribution in [-0.2, 0) is 4.79 Å². The van der Waals surface area contributed by atoms with Gasteiger partial charge in [-0.1, -0.05) is 12.1 Å². The van der Waals surface area contributed by atoms with Gasteiger partial charge in [0.05, 0.1) is 12.2 Å². The normalized spacial score (nSPS) is 15.4. The molecule has 1 aliphatic heterocycles. The second-order valence-electron chi connectivity index (χ2n) is 4.59. The summed E-state index contributed by atoms with van der Waals surface area (Å²) in [4.78, 5) is 26.3. The van der Waals surface area contributed by atoms with Crippen molar-refractivity contribution in [1.29, 1.82) is 0 Å². The second kappa shape index (κ2) is 4.75. The van der Waals surface area contributed by atoms with Gasteiger partial charge in [0.2, 0.25) is 5.91 Å². The lowest BCUT2D eigenvalue weighted by Crippen LogP contribution is -2.50. The molecule has 0 N–H and O–H groups in total. The molecule has 0 radical (unpaired) electrons. The van der Waals surface area contributed by atoms with E-state index in [0.717, 1.165) is 0 Å². The average Bonchev–Trinajstić information content (AvgIpc) is 2.74. The van der Waals surface area contributed by atoms with Crippen LogP contribution in [0.4, 0.5) is 0 Å². The lowest BCUT2D eigenvalue weighted by Gasteiger charge is -2.38. The second-order valence-corrected chi connectivity index (χ2v) is 4.59. The van der Waals surface area contributed by atoms with E-state index in [1.165, 1.54) is 4.90 Å². The fraction of sp³-hybridized carbons (Fsp3) is 0.636. The molecule has 2 amide bonds. The zero-order valence-electron chi connectivity index (χ0n) is 10.8. The van der Waals surface area contributed by atoms with Crippen LogP contribution < -0.4 is 0 Å². The molecule has 1 aromatic rings. The third-order valence-electron chi connectivity index (χ3n) is 3.03. The number of likely N-dealkylation sites (tertiary alicyclic amines) is 1. The van der Waals surface area contributed by atoms with Crippen molar-refractivity contribution in [2.24, 2.45) is 0 Å². The van der Waals surface area contributed by atoms with Gasteiger partial charge in [-0.3, -0.25) is 9.59 Å². The molecule has 1 aromatic heterocycles. The lowest BCUT2D eigenvalue weighted by atomic mass is 10.1. The number of aromatic nitrogens is 3. The van der Waals surface area contributed by atoms with Crippen LogP contribution in [-0.4, -0.2) is 63.8 Å². The predicted octanol–water partition coefficient (Wildman–Crippen LogP) is -0.227. The zero-order chi connectivity index (χ0) is 13.3. The van der Waals surface area contributed by atoms with Gasteiger partial charge in [-0.15, -0.1) is 5.10 Å². The van der Waals surface area contributed by atoms with Crippen LogP contribution in [0.3, 0.4) is 0 Å². The summed E-state index contributed by atoms with van der Waals surface area (Å²) in [5, 5.41) is 7.79. The number of carbonyl (C=O) groups excluding carboxylic acids is 2. The molecular weight excluding hydrogens is 234 g/mol. The summed E-state index contributed by atoms with van der Waals surface area (Å²) in [6.07, 6.45) is 2.16.